The van der Waals surface area contributed by atoms with E-state index in [1.165, 1.54) is 11.3 Å². The minimum Gasteiger partial charge on any atom is -0.482 e. The summed E-state index contributed by atoms with van der Waals surface area (Å²) < 4.78 is 5.13. The van der Waals surface area contributed by atoms with Crippen LogP contribution in [0.3, 0.4) is 0 Å². The van der Waals surface area contributed by atoms with E-state index in [0.717, 1.165) is 26.1 Å². The number of carboxylic acids is 1. The Morgan fingerprint density at radius 1 is 1.36 bits per heavy atom. The highest BCUT2D eigenvalue weighted by Crippen LogP contribution is 2.26. The van der Waals surface area contributed by atoms with Gasteiger partial charge in [0.25, 0.3) is 0 Å². The van der Waals surface area contributed by atoms with Gasteiger partial charge in [-0.2, -0.15) is 5.10 Å². The fourth-order valence-corrected chi connectivity index (χ4v) is 2.82. The van der Waals surface area contributed by atoms with Gasteiger partial charge in [0.05, 0.1) is 0 Å². The Bertz CT molecular complexity index is 610. The number of carbonyl (C=O) groups is 1. The van der Waals surface area contributed by atoms with Gasteiger partial charge in [-0.05, 0) is 36.7 Å². The van der Waals surface area contributed by atoms with E-state index in [9.17, 15) is 4.79 Å². The van der Waals surface area contributed by atoms with Crippen molar-refractivity contribution in [3.05, 3.63) is 47.8 Å². The van der Waals surface area contributed by atoms with Gasteiger partial charge in [0, 0.05) is 30.9 Å². The molecular weight excluding hydrogens is 282 g/mol. The number of carboxylic acid groups (broad SMARTS) is 1. The number of hydrogen-bond donors (Lipinski definition) is 2. The molecule has 0 saturated carbocycles. The predicted molar refractivity (Wildman–Crippen MR) is 80.8 cm³/mol. The predicted octanol–water partition coefficient (Wildman–Crippen LogP) is 1.86. The molecule has 2 heterocycles. The van der Waals surface area contributed by atoms with Crippen LogP contribution < -0.4 is 4.74 Å². The van der Waals surface area contributed by atoms with Crippen LogP contribution in [0.1, 0.15) is 23.6 Å². The molecule has 1 aliphatic rings. The Labute approximate surface area is 128 Å². The maximum atomic E-state index is 10.5. The van der Waals surface area contributed by atoms with Crippen molar-refractivity contribution in [1.82, 2.24) is 15.1 Å². The molecule has 1 saturated heterocycles. The van der Waals surface area contributed by atoms with Gasteiger partial charge < -0.3 is 9.84 Å². The number of ether oxygens (including phenoxy) is 1. The summed E-state index contributed by atoms with van der Waals surface area (Å²) in [5, 5.41) is 15.7. The van der Waals surface area contributed by atoms with E-state index in [4.69, 9.17) is 9.84 Å². The van der Waals surface area contributed by atoms with Gasteiger partial charge in [-0.15, -0.1) is 0 Å². The van der Waals surface area contributed by atoms with E-state index in [1.807, 2.05) is 30.3 Å². The summed E-state index contributed by atoms with van der Waals surface area (Å²) in [7, 11) is 0. The van der Waals surface area contributed by atoms with Crippen LogP contribution in [0.5, 0.6) is 5.75 Å². The summed E-state index contributed by atoms with van der Waals surface area (Å²) in [6, 6.07) is 9.66. The second kappa shape index (κ2) is 6.62. The van der Waals surface area contributed by atoms with Crippen molar-refractivity contribution in [3.63, 3.8) is 0 Å². The van der Waals surface area contributed by atoms with Gasteiger partial charge in [-0.1, -0.05) is 12.1 Å². The second-order valence-corrected chi connectivity index (χ2v) is 5.56. The number of benzene rings is 1. The quantitative estimate of drug-likeness (QED) is 0.851. The molecule has 1 aromatic carbocycles. The molecule has 0 radical (unpaired) electrons. The van der Waals surface area contributed by atoms with Crippen molar-refractivity contribution in [1.29, 1.82) is 0 Å². The number of aliphatic carboxylic acids is 1. The summed E-state index contributed by atoms with van der Waals surface area (Å²) >= 11 is 0. The third-order valence-corrected chi connectivity index (χ3v) is 3.93. The normalized spacial score (nSPS) is 18.5. The van der Waals surface area contributed by atoms with E-state index in [2.05, 4.69) is 15.1 Å². The zero-order valence-electron chi connectivity index (χ0n) is 12.2. The molecule has 0 unspecified atom stereocenters. The van der Waals surface area contributed by atoms with Gasteiger partial charge in [0.1, 0.15) is 5.75 Å². The molecule has 1 aromatic heterocycles. The third kappa shape index (κ3) is 3.65. The highest BCUT2D eigenvalue weighted by molar-refractivity contribution is 5.68. The smallest absolute Gasteiger partial charge is 0.341 e. The van der Waals surface area contributed by atoms with Crippen LogP contribution in [0.2, 0.25) is 0 Å². The molecule has 6 heteroatoms. The summed E-state index contributed by atoms with van der Waals surface area (Å²) in [6.45, 7) is 2.68. The highest BCUT2D eigenvalue weighted by Gasteiger charge is 2.24. The van der Waals surface area contributed by atoms with E-state index in [-0.39, 0.29) is 6.61 Å². The number of likely N-dealkylation sites (tertiary alicyclic amines) is 1. The van der Waals surface area contributed by atoms with Gasteiger partial charge in [0.2, 0.25) is 0 Å². The van der Waals surface area contributed by atoms with Crippen molar-refractivity contribution < 1.29 is 14.6 Å². The molecule has 6 nitrogen and oxygen atoms in total. The molecule has 3 rings (SSSR count). The van der Waals surface area contributed by atoms with E-state index >= 15 is 0 Å². The molecule has 22 heavy (non-hydrogen) atoms. The second-order valence-electron chi connectivity index (χ2n) is 5.56. The molecule has 1 fully saturated rings. The number of aromatic amines is 1. The number of rotatable bonds is 6. The molecule has 0 amide bonds. The molecule has 0 aliphatic carbocycles. The van der Waals surface area contributed by atoms with Crippen LogP contribution in [0.4, 0.5) is 0 Å². The lowest BCUT2D eigenvalue weighted by molar-refractivity contribution is -0.139. The van der Waals surface area contributed by atoms with E-state index in [1.54, 1.807) is 6.20 Å². The average Bonchev–Trinajstić information content (AvgIpc) is 3.17. The first-order chi connectivity index (χ1) is 10.7. The lowest BCUT2D eigenvalue weighted by Gasteiger charge is -2.16. The van der Waals surface area contributed by atoms with Crippen LogP contribution in [-0.4, -0.2) is 45.9 Å². The molecule has 0 bridgehead atoms. The molecular formula is C16H19N3O3. The highest BCUT2D eigenvalue weighted by atomic mass is 16.5. The molecule has 1 aliphatic heterocycles. The Morgan fingerprint density at radius 3 is 2.86 bits per heavy atom. The Balaban J connectivity index is 1.52. The third-order valence-electron chi connectivity index (χ3n) is 3.93. The summed E-state index contributed by atoms with van der Waals surface area (Å²) in [4.78, 5) is 12.9. The molecule has 0 spiro atoms. The standard InChI is InChI=1S/C16H19N3O3/c20-16(21)11-22-14-3-1-12(2-4-14)9-19-8-6-13(10-19)15-5-7-17-18-15/h1-5,7,13H,6,8-11H2,(H,17,18)(H,20,21)/t13-/m0/s1. The largest absolute Gasteiger partial charge is 0.482 e. The van der Waals surface area contributed by atoms with Crippen molar-refractivity contribution in [2.75, 3.05) is 19.7 Å². The average molecular weight is 301 g/mol. The van der Waals surface area contributed by atoms with Crippen molar-refractivity contribution in [2.24, 2.45) is 0 Å². The van der Waals surface area contributed by atoms with E-state index < -0.39 is 5.97 Å². The van der Waals surface area contributed by atoms with Crippen LogP contribution >= 0.6 is 0 Å². The minimum atomic E-state index is -0.967. The Hall–Kier alpha value is -2.34. The lowest BCUT2D eigenvalue weighted by atomic mass is 10.1. The number of hydrogen-bond acceptors (Lipinski definition) is 4. The minimum absolute atomic E-state index is 0.308. The number of aromatic nitrogens is 2. The lowest BCUT2D eigenvalue weighted by Crippen LogP contribution is -2.19. The monoisotopic (exact) mass is 301 g/mol. The first kappa shape index (κ1) is 14.6. The first-order valence-corrected chi connectivity index (χ1v) is 7.36. The van der Waals surface area contributed by atoms with Crippen molar-refractivity contribution >= 4 is 5.97 Å². The topological polar surface area (TPSA) is 78.5 Å². The fraction of sp³-hybridized carbons (Fsp3) is 0.375. The molecule has 116 valence electrons. The zero-order valence-corrected chi connectivity index (χ0v) is 12.2. The van der Waals surface area contributed by atoms with Crippen LogP contribution in [0, 0.1) is 0 Å². The summed E-state index contributed by atoms with van der Waals surface area (Å²) in [5.74, 6) is 0.148. The van der Waals surface area contributed by atoms with E-state index in [0.29, 0.717) is 11.7 Å². The van der Waals surface area contributed by atoms with Crippen LogP contribution in [-0.2, 0) is 11.3 Å². The van der Waals surface area contributed by atoms with Gasteiger partial charge >= 0.3 is 5.97 Å². The van der Waals surface area contributed by atoms with Gasteiger partial charge in [0.15, 0.2) is 6.61 Å². The number of nitrogens with zero attached hydrogens (tertiary/aromatic N) is 2. The Morgan fingerprint density at radius 2 is 2.18 bits per heavy atom. The molecule has 2 N–H and O–H groups in total. The van der Waals surface area contributed by atoms with Crippen LogP contribution in [0.25, 0.3) is 0 Å². The first-order valence-electron chi connectivity index (χ1n) is 7.36. The summed E-state index contributed by atoms with van der Waals surface area (Å²) in [5.41, 5.74) is 2.41. The fourth-order valence-electron chi connectivity index (χ4n) is 2.82. The number of nitrogens with one attached hydrogen (secondary N) is 1. The molecule has 1 atom stereocenters. The van der Waals surface area contributed by atoms with Gasteiger partial charge in [-0.3, -0.25) is 10.00 Å². The van der Waals surface area contributed by atoms with Gasteiger partial charge in [-0.25, -0.2) is 4.79 Å². The SMILES string of the molecule is O=C(O)COc1ccc(CN2CC[C@H](c3ccn[nH]3)C2)cc1. The maximum absolute atomic E-state index is 10.5. The zero-order chi connectivity index (χ0) is 15.4. The Kier molecular flexibility index (Phi) is 4.39. The number of H-pyrrole nitrogens is 1. The molecule has 2 aromatic rings. The van der Waals surface area contributed by atoms with Crippen LogP contribution in [0.15, 0.2) is 36.5 Å². The maximum Gasteiger partial charge on any atom is 0.341 e. The van der Waals surface area contributed by atoms with Crippen molar-refractivity contribution in [3.8, 4) is 5.75 Å². The van der Waals surface area contributed by atoms with Crippen molar-refractivity contribution in [2.45, 2.75) is 18.9 Å². The summed E-state index contributed by atoms with van der Waals surface area (Å²) in [6.07, 6.45) is 2.94.